The maximum atomic E-state index is 14.5. The van der Waals surface area contributed by atoms with Crippen molar-refractivity contribution in [3.63, 3.8) is 0 Å². The molecule has 7 rings (SSSR count). The zero-order valence-electron chi connectivity index (χ0n) is 32.9. The summed E-state index contributed by atoms with van der Waals surface area (Å²) in [7, 11) is 0. The van der Waals surface area contributed by atoms with Gasteiger partial charge in [0.05, 0.1) is 28.2 Å². The standard InChI is InChI=1S/C43H63N3O5/c1-24(2)28-15-20-43(38(49)50-23-31-27(5)44-25(3)26(4)45-31)22-21-41(9)29(36(28)43)11-13-33-40(8)18-17-34(51-37(48)30-12-14-35(47)46-30)39(6,7)32(40)16-19-42(33,41)10/h28-30,32-34,36H,1,11-23H2,2-10H3,(H,46,47)/t28-,29+,30-,32-,33+,34-,36+,40-,41+,42+,43-/m0/s1. The van der Waals surface area contributed by atoms with Crippen molar-refractivity contribution in [2.45, 2.75) is 158 Å². The van der Waals surface area contributed by atoms with Gasteiger partial charge in [-0.05, 0) is 144 Å². The quantitative estimate of drug-likeness (QED) is 0.235. The van der Waals surface area contributed by atoms with Crippen LogP contribution in [0.15, 0.2) is 12.2 Å². The van der Waals surface area contributed by atoms with E-state index in [1.807, 2.05) is 20.8 Å². The van der Waals surface area contributed by atoms with Gasteiger partial charge in [0, 0.05) is 11.8 Å². The van der Waals surface area contributed by atoms with Gasteiger partial charge in [0.2, 0.25) is 5.91 Å². The molecule has 1 saturated heterocycles. The number of hydrogen-bond donors (Lipinski definition) is 1. The third kappa shape index (κ3) is 5.36. The summed E-state index contributed by atoms with van der Waals surface area (Å²) >= 11 is 0. The first-order valence-electron chi connectivity index (χ1n) is 20.0. The highest BCUT2D eigenvalue weighted by atomic mass is 16.5. The SMILES string of the molecule is C=C(C)[C@@H]1CC[C@]2(C(=O)OCc3nc(C)c(C)nc3C)CC[C@]3(C)[C@H](CC[C@@H]4[C@@]5(C)CC[C@H](OC(=O)[C@@H]6CCC(=O)N6)C(C)(C)[C@@H]5CC[C@]43C)[C@@H]12. The largest absolute Gasteiger partial charge is 0.460 e. The van der Waals surface area contributed by atoms with Crippen molar-refractivity contribution in [1.29, 1.82) is 0 Å². The first-order chi connectivity index (χ1) is 23.9. The topological polar surface area (TPSA) is 107 Å². The van der Waals surface area contributed by atoms with Crippen molar-refractivity contribution >= 4 is 17.8 Å². The van der Waals surface area contributed by atoms with E-state index in [-0.39, 0.29) is 58.1 Å². The molecule has 5 saturated carbocycles. The van der Waals surface area contributed by atoms with Crippen molar-refractivity contribution < 1.29 is 23.9 Å². The Morgan fingerprint density at radius 2 is 1.55 bits per heavy atom. The fourth-order valence-electron chi connectivity index (χ4n) is 13.9. The molecular weight excluding hydrogens is 638 g/mol. The lowest BCUT2D eigenvalue weighted by atomic mass is 9.32. The molecular formula is C43H63N3O5. The van der Waals surface area contributed by atoms with E-state index >= 15 is 0 Å². The fraction of sp³-hybridized carbons (Fsp3) is 0.791. The number of aryl methyl sites for hydroxylation is 3. The van der Waals surface area contributed by atoms with Crippen LogP contribution in [-0.4, -0.2) is 40.0 Å². The minimum atomic E-state index is -0.509. The number of carbonyl (C=O) groups is 3. The van der Waals surface area contributed by atoms with Gasteiger partial charge in [-0.15, -0.1) is 0 Å². The summed E-state index contributed by atoms with van der Waals surface area (Å²) in [5.74, 6) is 1.63. The van der Waals surface area contributed by atoms with Crippen LogP contribution in [0.4, 0.5) is 0 Å². The zero-order valence-corrected chi connectivity index (χ0v) is 32.9. The van der Waals surface area contributed by atoms with E-state index in [0.717, 1.165) is 80.6 Å². The van der Waals surface area contributed by atoms with Crippen LogP contribution in [0.3, 0.4) is 0 Å². The van der Waals surface area contributed by atoms with Crippen LogP contribution in [0.25, 0.3) is 0 Å². The molecule has 1 amide bonds. The molecule has 0 bridgehead atoms. The smallest absolute Gasteiger partial charge is 0.328 e. The van der Waals surface area contributed by atoms with Gasteiger partial charge in [-0.1, -0.05) is 46.8 Å². The van der Waals surface area contributed by atoms with Gasteiger partial charge in [-0.2, -0.15) is 0 Å². The number of esters is 2. The van der Waals surface area contributed by atoms with E-state index in [1.54, 1.807) is 0 Å². The van der Waals surface area contributed by atoms with E-state index in [2.05, 4.69) is 58.4 Å². The van der Waals surface area contributed by atoms with E-state index in [0.29, 0.717) is 36.5 Å². The summed E-state index contributed by atoms with van der Waals surface area (Å²) in [5.41, 5.74) is 4.31. The third-order valence-corrected chi connectivity index (χ3v) is 16.9. The van der Waals surface area contributed by atoms with Crippen LogP contribution in [0, 0.1) is 77.4 Å². The molecule has 8 heteroatoms. The summed E-state index contributed by atoms with van der Waals surface area (Å²) in [6.07, 6.45) is 11.0. The lowest BCUT2D eigenvalue weighted by Crippen LogP contribution is -2.67. The molecule has 1 aliphatic heterocycles. The van der Waals surface area contributed by atoms with Gasteiger partial charge in [0.1, 0.15) is 18.8 Å². The first kappa shape index (κ1) is 36.6. The molecule has 1 aromatic heterocycles. The highest BCUT2D eigenvalue weighted by Crippen LogP contribution is 2.77. The summed E-state index contributed by atoms with van der Waals surface area (Å²) in [4.78, 5) is 48.9. The zero-order chi connectivity index (χ0) is 36.9. The Bertz CT molecular complexity index is 1640. The Labute approximate surface area is 306 Å². The molecule has 1 N–H and O–H groups in total. The van der Waals surface area contributed by atoms with Crippen LogP contribution in [0.2, 0.25) is 0 Å². The molecule has 8 nitrogen and oxygen atoms in total. The molecule has 0 aromatic carbocycles. The van der Waals surface area contributed by atoms with Crippen molar-refractivity contribution in [3.05, 3.63) is 34.9 Å². The lowest BCUT2D eigenvalue weighted by molar-refractivity contribution is -0.251. The maximum absolute atomic E-state index is 14.5. The van der Waals surface area contributed by atoms with E-state index in [4.69, 9.17) is 14.5 Å². The lowest BCUT2D eigenvalue weighted by Gasteiger charge is -2.72. The second-order valence-corrected chi connectivity index (χ2v) is 19.3. The average Bonchev–Trinajstić information content (AvgIpc) is 3.68. The van der Waals surface area contributed by atoms with E-state index in [1.165, 1.54) is 12.0 Å². The van der Waals surface area contributed by atoms with Gasteiger partial charge in [-0.25, -0.2) is 4.79 Å². The predicted octanol–water partition coefficient (Wildman–Crippen LogP) is 8.29. The average molecular weight is 702 g/mol. The second kappa shape index (κ2) is 12.4. The summed E-state index contributed by atoms with van der Waals surface area (Å²) in [6, 6.07) is -0.509. The van der Waals surface area contributed by atoms with Crippen molar-refractivity contribution in [2.75, 3.05) is 0 Å². The number of rotatable bonds is 6. The minimum absolute atomic E-state index is 0.0348. The van der Waals surface area contributed by atoms with Gasteiger partial charge < -0.3 is 14.8 Å². The maximum Gasteiger partial charge on any atom is 0.328 e. The molecule has 0 radical (unpaired) electrons. The number of nitrogens with zero attached hydrogens (tertiary/aromatic N) is 2. The predicted molar refractivity (Wildman–Crippen MR) is 196 cm³/mol. The highest BCUT2D eigenvalue weighted by Gasteiger charge is 2.72. The summed E-state index contributed by atoms with van der Waals surface area (Å²) in [5, 5.41) is 2.81. The molecule has 6 fully saturated rings. The highest BCUT2D eigenvalue weighted by molar-refractivity contribution is 5.88. The van der Waals surface area contributed by atoms with E-state index < -0.39 is 11.5 Å². The van der Waals surface area contributed by atoms with Crippen LogP contribution >= 0.6 is 0 Å². The Morgan fingerprint density at radius 1 is 0.824 bits per heavy atom. The van der Waals surface area contributed by atoms with E-state index in [9.17, 15) is 14.4 Å². The van der Waals surface area contributed by atoms with Crippen LogP contribution in [0.1, 0.15) is 141 Å². The number of aromatic nitrogens is 2. The molecule has 51 heavy (non-hydrogen) atoms. The third-order valence-electron chi connectivity index (χ3n) is 16.9. The Balaban J connectivity index is 1.14. The summed E-state index contributed by atoms with van der Waals surface area (Å²) in [6.45, 7) is 25.2. The van der Waals surface area contributed by atoms with Crippen LogP contribution in [0.5, 0.6) is 0 Å². The molecule has 1 aromatic rings. The van der Waals surface area contributed by atoms with Crippen LogP contribution in [-0.2, 0) is 30.5 Å². The molecule has 0 unspecified atom stereocenters. The van der Waals surface area contributed by atoms with Crippen molar-refractivity contribution in [1.82, 2.24) is 15.3 Å². The van der Waals surface area contributed by atoms with Gasteiger partial charge >= 0.3 is 11.9 Å². The molecule has 0 spiro atoms. The Morgan fingerprint density at radius 3 is 2.24 bits per heavy atom. The number of allylic oxidation sites excluding steroid dienone is 1. The van der Waals surface area contributed by atoms with Crippen LogP contribution < -0.4 is 5.32 Å². The second-order valence-electron chi connectivity index (χ2n) is 19.3. The molecule has 280 valence electrons. The Kier molecular flexibility index (Phi) is 8.89. The number of ether oxygens (including phenoxy) is 2. The summed E-state index contributed by atoms with van der Waals surface area (Å²) < 4.78 is 12.5. The molecule has 2 heterocycles. The molecule has 5 aliphatic carbocycles. The van der Waals surface area contributed by atoms with Gasteiger partial charge in [0.15, 0.2) is 0 Å². The van der Waals surface area contributed by atoms with Gasteiger partial charge in [0.25, 0.3) is 0 Å². The number of fused-ring (bicyclic) bond motifs is 7. The number of nitrogens with one attached hydrogen (secondary N) is 1. The first-order valence-corrected chi connectivity index (χ1v) is 20.0. The minimum Gasteiger partial charge on any atom is -0.460 e. The number of hydrogen-bond acceptors (Lipinski definition) is 7. The molecule has 11 atom stereocenters. The monoisotopic (exact) mass is 701 g/mol. The number of amides is 1. The normalized spacial score (nSPS) is 42.5. The number of carbonyl (C=O) groups excluding carboxylic acids is 3. The van der Waals surface area contributed by atoms with Gasteiger partial charge in [-0.3, -0.25) is 19.6 Å². The fourth-order valence-corrected chi connectivity index (χ4v) is 13.9. The molecule has 6 aliphatic rings. The van der Waals surface area contributed by atoms with Crippen molar-refractivity contribution in [3.8, 4) is 0 Å². The van der Waals surface area contributed by atoms with Crippen molar-refractivity contribution in [2.24, 2.45) is 56.7 Å². The Hall–Kier alpha value is -2.77.